The fraction of sp³-hybridized carbons (Fsp3) is 0.125. The maximum atomic E-state index is 13.4. The number of benzene rings is 1. The number of hydrogen-bond acceptors (Lipinski definition) is 2. The van der Waals surface area contributed by atoms with Crippen molar-refractivity contribution in [1.82, 2.24) is 9.38 Å². The molecule has 4 nitrogen and oxygen atoms in total. The Morgan fingerprint density at radius 1 is 1.23 bits per heavy atom. The number of halogens is 2. The highest BCUT2D eigenvalue weighted by atomic mass is 35.5. The summed E-state index contributed by atoms with van der Waals surface area (Å²) >= 11 is 5.86. The molecule has 0 spiro atoms. The van der Waals surface area contributed by atoms with Crippen LogP contribution in [0.5, 0.6) is 0 Å². The lowest BCUT2D eigenvalue weighted by molar-refractivity contribution is -0.136. The van der Waals surface area contributed by atoms with Gasteiger partial charge in [-0.2, -0.15) is 0 Å². The van der Waals surface area contributed by atoms with Crippen LogP contribution in [0.1, 0.15) is 17.0 Å². The summed E-state index contributed by atoms with van der Waals surface area (Å²) in [5.41, 5.74) is 2.59. The van der Waals surface area contributed by atoms with Gasteiger partial charge in [-0.1, -0.05) is 23.7 Å². The van der Waals surface area contributed by atoms with E-state index in [9.17, 15) is 9.18 Å². The molecule has 0 saturated carbocycles. The Morgan fingerprint density at radius 2 is 1.95 bits per heavy atom. The molecule has 0 atom stereocenters. The average molecular weight is 319 g/mol. The summed E-state index contributed by atoms with van der Waals surface area (Å²) in [4.78, 5) is 15.5. The highest BCUT2D eigenvalue weighted by Crippen LogP contribution is 2.19. The van der Waals surface area contributed by atoms with Gasteiger partial charge in [-0.15, -0.1) is 0 Å². The fourth-order valence-corrected chi connectivity index (χ4v) is 2.51. The molecule has 0 amide bonds. The third-order valence-electron chi connectivity index (χ3n) is 3.37. The van der Waals surface area contributed by atoms with Gasteiger partial charge in [0.05, 0.1) is 17.8 Å². The third-order valence-corrected chi connectivity index (χ3v) is 3.62. The lowest BCUT2D eigenvalue weighted by Gasteiger charge is -2.03. The molecule has 3 aromatic rings. The van der Waals surface area contributed by atoms with Gasteiger partial charge in [0.1, 0.15) is 11.5 Å². The van der Waals surface area contributed by atoms with Crippen LogP contribution in [0, 0.1) is 5.82 Å². The molecule has 0 bridgehead atoms. The van der Waals surface area contributed by atoms with Crippen LogP contribution in [0.3, 0.4) is 0 Å². The van der Waals surface area contributed by atoms with Crippen molar-refractivity contribution in [3.63, 3.8) is 0 Å². The Hall–Kier alpha value is -2.40. The van der Waals surface area contributed by atoms with Crippen molar-refractivity contribution < 1.29 is 14.3 Å². The first kappa shape index (κ1) is 14.5. The van der Waals surface area contributed by atoms with E-state index in [4.69, 9.17) is 16.7 Å². The molecule has 112 valence electrons. The van der Waals surface area contributed by atoms with E-state index in [2.05, 4.69) is 4.98 Å². The summed E-state index contributed by atoms with van der Waals surface area (Å²) < 4.78 is 14.9. The van der Waals surface area contributed by atoms with Crippen molar-refractivity contribution in [3.8, 4) is 0 Å². The molecular weight excluding hydrogens is 307 g/mol. The molecule has 6 heteroatoms. The molecule has 3 rings (SSSR count). The van der Waals surface area contributed by atoms with Crippen LogP contribution < -0.4 is 0 Å². The highest BCUT2D eigenvalue weighted by Gasteiger charge is 2.16. The van der Waals surface area contributed by atoms with Crippen LogP contribution in [0.2, 0.25) is 5.02 Å². The van der Waals surface area contributed by atoms with Crippen LogP contribution in [0.4, 0.5) is 4.39 Å². The molecule has 2 heterocycles. The minimum absolute atomic E-state index is 0.215. The molecule has 0 fully saturated rings. The van der Waals surface area contributed by atoms with Gasteiger partial charge < -0.3 is 9.51 Å². The van der Waals surface area contributed by atoms with Crippen LogP contribution in [-0.2, 0) is 17.6 Å². The van der Waals surface area contributed by atoms with Crippen molar-refractivity contribution >= 4 is 23.2 Å². The Morgan fingerprint density at radius 3 is 2.64 bits per heavy atom. The molecular formula is C16H12ClFN2O2. The molecule has 1 aromatic carbocycles. The molecule has 0 radical (unpaired) electrons. The van der Waals surface area contributed by atoms with Crippen LogP contribution in [0.25, 0.3) is 5.65 Å². The van der Waals surface area contributed by atoms with Crippen molar-refractivity contribution in [2.24, 2.45) is 0 Å². The second kappa shape index (κ2) is 5.77. The van der Waals surface area contributed by atoms with Crippen molar-refractivity contribution in [2.45, 2.75) is 12.8 Å². The van der Waals surface area contributed by atoms with Gasteiger partial charge in [0.25, 0.3) is 0 Å². The maximum Gasteiger partial charge on any atom is 0.309 e. The predicted octanol–water partition coefficient (Wildman–Crippen LogP) is 3.34. The van der Waals surface area contributed by atoms with E-state index in [0.29, 0.717) is 28.5 Å². The second-order valence-corrected chi connectivity index (χ2v) is 5.39. The number of hydrogen-bond donors (Lipinski definition) is 1. The van der Waals surface area contributed by atoms with Crippen LogP contribution in [0.15, 0.2) is 42.6 Å². The SMILES string of the molecule is O=C(O)Cc1c(Cc2ccc(Cl)cc2)nc2ccc(F)cn12. The number of rotatable bonds is 4. The Kier molecular flexibility index (Phi) is 3.81. The Balaban J connectivity index is 2.07. The molecule has 0 unspecified atom stereocenters. The van der Waals surface area contributed by atoms with Gasteiger partial charge in [-0.25, -0.2) is 9.37 Å². The normalized spacial score (nSPS) is 11.0. The van der Waals surface area contributed by atoms with E-state index in [1.807, 2.05) is 12.1 Å². The average Bonchev–Trinajstić information content (AvgIpc) is 2.78. The van der Waals surface area contributed by atoms with Gasteiger partial charge >= 0.3 is 5.97 Å². The van der Waals surface area contributed by atoms with E-state index in [1.165, 1.54) is 22.7 Å². The van der Waals surface area contributed by atoms with Crippen molar-refractivity contribution in [1.29, 1.82) is 0 Å². The van der Waals surface area contributed by atoms with Crippen LogP contribution in [-0.4, -0.2) is 20.5 Å². The van der Waals surface area contributed by atoms with E-state index < -0.39 is 11.8 Å². The number of nitrogens with zero attached hydrogens (tertiary/aromatic N) is 2. The van der Waals surface area contributed by atoms with Gasteiger partial charge in [0, 0.05) is 17.6 Å². The summed E-state index contributed by atoms with van der Waals surface area (Å²) in [6, 6.07) is 10.1. The number of carboxylic acid groups (broad SMARTS) is 1. The minimum atomic E-state index is -0.983. The largest absolute Gasteiger partial charge is 0.481 e. The van der Waals surface area contributed by atoms with Gasteiger partial charge in [0.2, 0.25) is 0 Å². The van der Waals surface area contributed by atoms with Gasteiger partial charge in [0.15, 0.2) is 0 Å². The highest BCUT2D eigenvalue weighted by molar-refractivity contribution is 6.30. The fourth-order valence-electron chi connectivity index (χ4n) is 2.38. The Bertz CT molecular complexity index is 843. The van der Waals surface area contributed by atoms with E-state index in [1.54, 1.807) is 12.1 Å². The van der Waals surface area contributed by atoms with Crippen LogP contribution >= 0.6 is 11.6 Å². The quantitative estimate of drug-likeness (QED) is 0.802. The number of imidazole rings is 1. The molecule has 2 aromatic heterocycles. The van der Waals surface area contributed by atoms with Crippen molar-refractivity contribution in [3.05, 3.63) is 70.4 Å². The summed E-state index contributed by atoms with van der Waals surface area (Å²) in [7, 11) is 0. The maximum absolute atomic E-state index is 13.4. The number of pyridine rings is 1. The predicted molar refractivity (Wildman–Crippen MR) is 80.7 cm³/mol. The second-order valence-electron chi connectivity index (χ2n) is 4.95. The molecule has 1 N–H and O–H groups in total. The number of fused-ring (bicyclic) bond motifs is 1. The van der Waals surface area contributed by atoms with E-state index in [-0.39, 0.29) is 6.42 Å². The lowest BCUT2D eigenvalue weighted by Crippen LogP contribution is -2.06. The number of carbonyl (C=O) groups is 1. The molecule has 0 aliphatic carbocycles. The van der Waals surface area contributed by atoms with E-state index in [0.717, 1.165) is 5.56 Å². The molecule has 0 aliphatic rings. The molecule has 22 heavy (non-hydrogen) atoms. The first-order valence-corrected chi connectivity index (χ1v) is 7.02. The third kappa shape index (κ3) is 2.94. The lowest BCUT2D eigenvalue weighted by atomic mass is 10.1. The summed E-state index contributed by atoms with van der Waals surface area (Å²) in [5.74, 6) is -1.42. The summed E-state index contributed by atoms with van der Waals surface area (Å²) in [6.07, 6.45) is 1.50. The zero-order valence-corrected chi connectivity index (χ0v) is 12.2. The zero-order valence-electron chi connectivity index (χ0n) is 11.5. The summed E-state index contributed by atoms with van der Waals surface area (Å²) in [5, 5.41) is 9.72. The number of aliphatic carboxylic acids is 1. The molecule has 0 saturated heterocycles. The van der Waals surface area contributed by atoms with Gasteiger partial charge in [-0.3, -0.25) is 4.79 Å². The number of aromatic nitrogens is 2. The topological polar surface area (TPSA) is 54.6 Å². The molecule has 0 aliphatic heterocycles. The smallest absolute Gasteiger partial charge is 0.309 e. The minimum Gasteiger partial charge on any atom is -0.481 e. The van der Waals surface area contributed by atoms with Crippen molar-refractivity contribution in [2.75, 3.05) is 0 Å². The zero-order chi connectivity index (χ0) is 15.7. The summed E-state index contributed by atoms with van der Waals surface area (Å²) in [6.45, 7) is 0. The van der Waals surface area contributed by atoms with Gasteiger partial charge in [-0.05, 0) is 29.8 Å². The standard InChI is InChI=1S/C16H12ClFN2O2/c17-11-3-1-10(2-4-11)7-13-14(8-16(21)22)20-9-12(18)5-6-15(20)19-13/h1-6,9H,7-8H2,(H,21,22). The monoisotopic (exact) mass is 318 g/mol. The number of carboxylic acids is 1. The first-order chi connectivity index (χ1) is 10.5. The first-order valence-electron chi connectivity index (χ1n) is 6.64. The Labute approximate surface area is 130 Å². The van der Waals surface area contributed by atoms with E-state index >= 15 is 0 Å².